The molecule has 2 nitrogen and oxygen atoms in total. The second-order valence-corrected chi connectivity index (χ2v) is 5.87. The molecule has 2 heteroatoms. The molecule has 0 saturated heterocycles. The lowest BCUT2D eigenvalue weighted by Crippen LogP contribution is -2.41. The molecular formula is C14H28O2. The predicted octanol–water partition coefficient (Wildman–Crippen LogP) is 3.24. The molecule has 1 unspecified atom stereocenters. The normalized spacial score (nSPS) is 33.0. The third kappa shape index (κ3) is 3.46. The molecule has 0 aromatic heterocycles. The van der Waals surface area contributed by atoms with Gasteiger partial charge in [0.1, 0.15) is 0 Å². The molecular weight excluding hydrogens is 200 g/mol. The summed E-state index contributed by atoms with van der Waals surface area (Å²) in [5.74, 6) is 1.94. The summed E-state index contributed by atoms with van der Waals surface area (Å²) in [6, 6.07) is 0. The van der Waals surface area contributed by atoms with Crippen LogP contribution >= 0.6 is 0 Å². The second-order valence-electron chi connectivity index (χ2n) is 5.87. The van der Waals surface area contributed by atoms with Gasteiger partial charge in [-0.2, -0.15) is 0 Å². The van der Waals surface area contributed by atoms with Crippen molar-refractivity contribution in [2.45, 2.75) is 58.5 Å². The Hall–Kier alpha value is -0.0800. The maximum atomic E-state index is 10.6. The lowest BCUT2D eigenvalue weighted by atomic mass is 9.69. The van der Waals surface area contributed by atoms with Crippen LogP contribution in [0.15, 0.2) is 0 Å². The molecule has 1 saturated carbocycles. The lowest BCUT2D eigenvalue weighted by molar-refractivity contribution is -0.0648. The largest absolute Gasteiger partial charge is 0.390 e. The molecule has 0 radical (unpaired) electrons. The van der Waals surface area contributed by atoms with Gasteiger partial charge in [0.2, 0.25) is 0 Å². The highest BCUT2D eigenvalue weighted by molar-refractivity contribution is 4.90. The zero-order valence-electron chi connectivity index (χ0n) is 11.3. The van der Waals surface area contributed by atoms with E-state index in [4.69, 9.17) is 4.74 Å². The van der Waals surface area contributed by atoms with Crippen LogP contribution in [0.3, 0.4) is 0 Å². The minimum absolute atomic E-state index is 0.362. The van der Waals surface area contributed by atoms with Gasteiger partial charge >= 0.3 is 0 Å². The number of hydrogen-bond acceptors (Lipinski definition) is 2. The minimum atomic E-state index is -0.427. The Morgan fingerprint density at radius 3 is 2.25 bits per heavy atom. The second kappa shape index (κ2) is 6.02. The number of rotatable bonds is 5. The third-order valence-electron chi connectivity index (χ3n) is 4.51. The molecule has 16 heavy (non-hydrogen) atoms. The first-order chi connectivity index (χ1) is 7.49. The summed E-state index contributed by atoms with van der Waals surface area (Å²) < 4.78 is 5.10. The molecule has 1 aliphatic carbocycles. The molecule has 0 heterocycles. The fraction of sp³-hybridized carbons (Fsp3) is 1.00. The van der Waals surface area contributed by atoms with Crippen LogP contribution in [-0.2, 0) is 4.74 Å². The molecule has 0 bridgehead atoms. The van der Waals surface area contributed by atoms with Crippen LogP contribution in [0.1, 0.15) is 52.9 Å². The summed E-state index contributed by atoms with van der Waals surface area (Å²) >= 11 is 0. The van der Waals surface area contributed by atoms with Gasteiger partial charge in [0.25, 0.3) is 0 Å². The third-order valence-corrected chi connectivity index (χ3v) is 4.51. The van der Waals surface area contributed by atoms with Crippen molar-refractivity contribution in [2.24, 2.45) is 17.8 Å². The van der Waals surface area contributed by atoms with E-state index in [0.717, 1.165) is 37.7 Å². The van der Waals surface area contributed by atoms with Crippen molar-refractivity contribution in [1.82, 2.24) is 0 Å². The first kappa shape index (κ1) is 14.0. The van der Waals surface area contributed by atoms with Gasteiger partial charge in [-0.05, 0) is 49.9 Å². The molecule has 0 spiro atoms. The standard InChI is InChI=1S/C14H28O2/c1-11(2)13-5-8-14(15,9-6-13)12(3)7-10-16-4/h11-13,15H,5-10H2,1-4H3. The number of ether oxygens (including phenoxy) is 1. The summed E-state index contributed by atoms with van der Waals surface area (Å²) in [5.41, 5.74) is -0.427. The predicted molar refractivity (Wildman–Crippen MR) is 67.4 cm³/mol. The van der Waals surface area contributed by atoms with E-state index in [0.29, 0.717) is 5.92 Å². The number of methoxy groups -OCH3 is 1. The molecule has 1 fully saturated rings. The van der Waals surface area contributed by atoms with Gasteiger partial charge in [-0.1, -0.05) is 20.8 Å². The lowest BCUT2D eigenvalue weighted by Gasteiger charge is -2.41. The average Bonchev–Trinajstić information content (AvgIpc) is 2.26. The van der Waals surface area contributed by atoms with E-state index in [1.54, 1.807) is 7.11 Å². The van der Waals surface area contributed by atoms with Crippen LogP contribution < -0.4 is 0 Å². The van der Waals surface area contributed by atoms with E-state index < -0.39 is 5.60 Å². The van der Waals surface area contributed by atoms with Gasteiger partial charge in [-0.25, -0.2) is 0 Å². The summed E-state index contributed by atoms with van der Waals surface area (Å²) in [5, 5.41) is 10.6. The van der Waals surface area contributed by atoms with Crippen LogP contribution in [-0.4, -0.2) is 24.4 Å². The Morgan fingerprint density at radius 1 is 1.25 bits per heavy atom. The monoisotopic (exact) mass is 228 g/mol. The summed E-state index contributed by atoms with van der Waals surface area (Å²) in [6.07, 6.45) is 5.29. The van der Waals surface area contributed by atoms with Gasteiger partial charge in [0.05, 0.1) is 5.60 Å². The van der Waals surface area contributed by atoms with E-state index in [9.17, 15) is 5.11 Å². The van der Waals surface area contributed by atoms with E-state index in [1.807, 2.05) is 0 Å². The molecule has 0 amide bonds. The van der Waals surface area contributed by atoms with Crippen molar-refractivity contribution in [3.05, 3.63) is 0 Å². The minimum Gasteiger partial charge on any atom is -0.390 e. The van der Waals surface area contributed by atoms with Crippen molar-refractivity contribution in [3.63, 3.8) is 0 Å². The first-order valence-corrected chi connectivity index (χ1v) is 6.71. The van der Waals surface area contributed by atoms with Crippen LogP contribution in [0, 0.1) is 17.8 Å². The smallest absolute Gasteiger partial charge is 0.0674 e. The summed E-state index contributed by atoms with van der Waals surface area (Å²) in [7, 11) is 1.73. The topological polar surface area (TPSA) is 29.5 Å². The van der Waals surface area contributed by atoms with Gasteiger partial charge in [-0.3, -0.25) is 0 Å². The zero-order valence-corrected chi connectivity index (χ0v) is 11.3. The fourth-order valence-electron chi connectivity index (χ4n) is 2.86. The highest BCUT2D eigenvalue weighted by Gasteiger charge is 2.38. The van der Waals surface area contributed by atoms with Crippen molar-refractivity contribution in [1.29, 1.82) is 0 Å². The Kier molecular flexibility index (Phi) is 5.26. The summed E-state index contributed by atoms with van der Waals surface area (Å²) in [4.78, 5) is 0. The SMILES string of the molecule is COCCC(C)C1(O)CCC(C(C)C)CC1. The van der Waals surface area contributed by atoms with Gasteiger partial charge in [0.15, 0.2) is 0 Å². The van der Waals surface area contributed by atoms with Crippen molar-refractivity contribution < 1.29 is 9.84 Å². The van der Waals surface area contributed by atoms with Crippen LogP contribution in [0.5, 0.6) is 0 Å². The van der Waals surface area contributed by atoms with Crippen LogP contribution in [0.4, 0.5) is 0 Å². The van der Waals surface area contributed by atoms with Crippen LogP contribution in [0.2, 0.25) is 0 Å². The van der Waals surface area contributed by atoms with E-state index >= 15 is 0 Å². The van der Waals surface area contributed by atoms with Gasteiger partial charge in [0, 0.05) is 13.7 Å². The number of aliphatic hydroxyl groups is 1. The highest BCUT2D eigenvalue weighted by Crippen LogP contribution is 2.40. The first-order valence-electron chi connectivity index (χ1n) is 6.71. The average molecular weight is 228 g/mol. The Morgan fingerprint density at radius 2 is 1.81 bits per heavy atom. The maximum Gasteiger partial charge on any atom is 0.0674 e. The van der Waals surface area contributed by atoms with Gasteiger partial charge in [-0.15, -0.1) is 0 Å². The summed E-state index contributed by atoms with van der Waals surface area (Å²) in [6.45, 7) is 7.51. The Bertz CT molecular complexity index is 193. The molecule has 1 aliphatic rings. The molecule has 1 N–H and O–H groups in total. The van der Waals surface area contributed by atoms with E-state index in [1.165, 1.54) is 12.8 Å². The van der Waals surface area contributed by atoms with Crippen LogP contribution in [0.25, 0.3) is 0 Å². The van der Waals surface area contributed by atoms with Gasteiger partial charge < -0.3 is 9.84 Å². The van der Waals surface area contributed by atoms with E-state index in [-0.39, 0.29) is 0 Å². The quantitative estimate of drug-likeness (QED) is 0.783. The van der Waals surface area contributed by atoms with E-state index in [2.05, 4.69) is 20.8 Å². The maximum absolute atomic E-state index is 10.6. The number of hydrogen-bond donors (Lipinski definition) is 1. The zero-order chi connectivity index (χ0) is 12.2. The Labute approximate surface area is 100 Å². The fourth-order valence-corrected chi connectivity index (χ4v) is 2.86. The molecule has 0 aromatic rings. The molecule has 0 aromatic carbocycles. The molecule has 96 valence electrons. The highest BCUT2D eigenvalue weighted by atomic mass is 16.5. The molecule has 1 atom stereocenters. The molecule has 1 rings (SSSR count). The molecule has 0 aliphatic heterocycles. The van der Waals surface area contributed by atoms with Crippen molar-refractivity contribution >= 4 is 0 Å². The Balaban J connectivity index is 2.42. The van der Waals surface area contributed by atoms with Crippen molar-refractivity contribution in [3.8, 4) is 0 Å². The van der Waals surface area contributed by atoms with Crippen molar-refractivity contribution in [2.75, 3.05) is 13.7 Å².